The average molecular weight is 441 g/mol. The van der Waals surface area contributed by atoms with Crippen LogP contribution in [0.15, 0.2) is 71.6 Å². The molecule has 1 unspecified atom stereocenters. The van der Waals surface area contributed by atoms with E-state index in [4.69, 9.17) is 0 Å². The van der Waals surface area contributed by atoms with Crippen LogP contribution >= 0.6 is 0 Å². The van der Waals surface area contributed by atoms with Crippen molar-refractivity contribution < 1.29 is 17.6 Å². The number of carbonyl (C=O) groups is 1. The Balaban J connectivity index is 1.83. The summed E-state index contributed by atoms with van der Waals surface area (Å²) in [7, 11) is -2.54. The maximum absolute atomic E-state index is 13.2. The zero-order valence-electron chi connectivity index (χ0n) is 17.9. The van der Waals surface area contributed by atoms with E-state index in [-0.39, 0.29) is 22.4 Å². The lowest BCUT2D eigenvalue weighted by Crippen LogP contribution is -2.29. The van der Waals surface area contributed by atoms with Gasteiger partial charge in [0, 0.05) is 12.6 Å². The first-order chi connectivity index (χ1) is 14.6. The fourth-order valence-electron chi connectivity index (χ4n) is 3.41. The van der Waals surface area contributed by atoms with Crippen LogP contribution in [0.5, 0.6) is 0 Å². The number of anilines is 1. The maximum Gasteiger partial charge on any atom is 0.264 e. The summed E-state index contributed by atoms with van der Waals surface area (Å²) in [6.07, 6.45) is 0. The van der Waals surface area contributed by atoms with Gasteiger partial charge in [-0.05, 0) is 74.4 Å². The van der Waals surface area contributed by atoms with E-state index in [9.17, 15) is 17.6 Å². The molecule has 3 rings (SSSR count). The first-order valence-electron chi connectivity index (χ1n) is 9.82. The highest BCUT2D eigenvalue weighted by Crippen LogP contribution is 2.24. The molecular weight excluding hydrogens is 415 g/mol. The number of halogens is 1. The third-order valence-corrected chi connectivity index (χ3v) is 6.97. The number of hydrogen-bond acceptors (Lipinski definition) is 3. The smallest absolute Gasteiger partial charge is 0.264 e. The van der Waals surface area contributed by atoms with Crippen LogP contribution in [0, 0.1) is 19.7 Å². The van der Waals surface area contributed by atoms with Gasteiger partial charge in [-0.25, -0.2) is 12.8 Å². The van der Waals surface area contributed by atoms with Crippen LogP contribution in [-0.2, 0) is 10.0 Å². The molecule has 1 N–H and O–H groups in total. The van der Waals surface area contributed by atoms with Crippen molar-refractivity contribution in [3.05, 3.63) is 94.8 Å². The summed E-state index contributed by atoms with van der Waals surface area (Å²) < 4.78 is 40.3. The van der Waals surface area contributed by atoms with Crippen molar-refractivity contribution in [3.8, 4) is 0 Å². The highest BCUT2D eigenvalue weighted by atomic mass is 32.2. The maximum atomic E-state index is 13.2. The average Bonchev–Trinajstić information content (AvgIpc) is 2.73. The SMILES string of the molecule is Cc1ccc(C(C)NC(=O)c2cccc(S(=O)(=O)N(C)c3ccc(F)cc3)c2)c(C)c1. The molecule has 3 aromatic rings. The third-order valence-electron chi connectivity index (χ3n) is 5.18. The van der Waals surface area contributed by atoms with Gasteiger partial charge in [-0.3, -0.25) is 9.10 Å². The molecule has 0 aliphatic rings. The zero-order chi connectivity index (χ0) is 22.8. The molecule has 3 aromatic carbocycles. The molecule has 1 atom stereocenters. The summed E-state index contributed by atoms with van der Waals surface area (Å²) in [5.74, 6) is -0.819. The number of sulfonamides is 1. The monoisotopic (exact) mass is 440 g/mol. The van der Waals surface area contributed by atoms with Crippen LogP contribution in [-0.4, -0.2) is 21.4 Å². The van der Waals surface area contributed by atoms with Crippen LogP contribution in [0.25, 0.3) is 0 Å². The summed E-state index contributed by atoms with van der Waals surface area (Å²) in [6, 6.07) is 16.8. The molecule has 7 heteroatoms. The third kappa shape index (κ3) is 4.94. The van der Waals surface area contributed by atoms with E-state index >= 15 is 0 Å². The molecule has 0 heterocycles. The number of hydrogen-bond donors (Lipinski definition) is 1. The fourth-order valence-corrected chi connectivity index (χ4v) is 4.66. The quantitative estimate of drug-likeness (QED) is 0.601. The topological polar surface area (TPSA) is 66.5 Å². The normalized spacial score (nSPS) is 12.3. The molecule has 31 heavy (non-hydrogen) atoms. The molecule has 0 aliphatic heterocycles. The minimum absolute atomic E-state index is 0.0221. The van der Waals surface area contributed by atoms with Crippen LogP contribution in [0.2, 0.25) is 0 Å². The second-order valence-corrected chi connectivity index (χ2v) is 9.50. The first-order valence-corrected chi connectivity index (χ1v) is 11.3. The highest BCUT2D eigenvalue weighted by Gasteiger charge is 2.23. The standard InChI is InChI=1S/C24H25FN2O3S/c1-16-8-13-23(17(2)14-16)18(3)26-24(28)19-6-5-7-22(15-19)31(29,30)27(4)21-11-9-20(25)10-12-21/h5-15,18H,1-4H3,(H,26,28). The molecule has 0 aromatic heterocycles. The van der Waals surface area contributed by atoms with Crippen LogP contribution in [0.3, 0.4) is 0 Å². The molecule has 0 spiro atoms. The van der Waals surface area contributed by atoms with Gasteiger partial charge in [-0.1, -0.05) is 29.8 Å². The second kappa shape index (κ2) is 8.89. The first kappa shape index (κ1) is 22.5. The minimum atomic E-state index is -3.92. The molecule has 0 saturated carbocycles. The van der Waals surface area contributed by atoms with Gasteiger partial charge < -0.3 is 5.32 Å². The summed E-state index contributed by atoms with van der Waals surface area (Å²) >= 11 is 0. The van der Waals surface area contributed by atoms with Crippen molar-refractivity contribution in [2.45, 2.75) is 31.7 Å². The summed E-state index contributed by atoms with van der Waals surface area (Å²) in [6.45, 7) is 5.89. The number of aryl methyl sites for hydroxylation is 2. The van der Waals surface area contributed by atoms with Gasteiger partial charge in [0.05, 0.1) is 16.6 Å². The lowest BCUT2D eigenvalue weighted by molar-refractivity contribution is 0.0939. The number of rotatable bonds is 6. The van der Waals surface area contributed by atoms with Crippen molar-refractivity contribution in [2.24, 2.45) is 0 Å². The number of amides is 1. The van der Waals surface area contributed by atoms with E-state index in [1.165, 1.54) is 49.5 Å². The van der Waals surface area contributed by atoms with E-state index in [0.717, 1.165) is 21.0 Å². The molecular formula is C24H25FN2O3S. The number of carbonyl (C=O) groups excluding carboxylic acids is 1. The molecule has 0 fully saturated rings. The van der Waals surface area contributed by atoms with Gasteiger partial charge in [0.1, 0.15) is 5.82 Å². The van der Waals surface area contributed by atoms with Gasteiger partial charge in [-0.15, -0.1) is 0 Å². The summed E-state index contributed by atoms with van der Waals surface area (Å²) in [4.78, 5) is 12.8. The Bertz CT molecular complexity index is 1210. The van der Waals surface area contributed by atoms with E-state index in [2.05, 4.69) is 11.4 Å². The Morgan fingerprint density at radius 3 is 2.32 bits per heavy atom. The molecule has 0 radical (unpaired) electrons. The van der Waals surface area contributed by atoms with Gasteiger partial charge in [-0.2, -0.15) is 0 Å². The summed E-state index contributed by atoms with van der Waals surface area (Å²) in [5.41, 5.74) is 3.77. The van der Waals surface area contributed by atoms with Crippen molar-refractivity contribution in [1.82, 2.24) is 5.32 Å². The Hall–Kier alpha value is -3.19. The van der Waals surface area contributed by atoms with E-state index in [1.54, 1.807) is 6.07 Å². The highest BCUT2D eigenvalue weighted by molar-refractivity contribution is 7.92. The second-order valence-electron chi connectivity index (χ2n) is 7.53. The van der Waals surface area contributed by atoms with Crippen LogP contribution < -0.4 is 9.62 Å². The number of benzene rings is 3. The van der Waals surface area contributed by atoms with E-state index in [0.29, 0.717) is 5.69 Å². The molecule has 162 valence electrons. The fraction of sp³-hybridized carbons (Fsp3) is 0.208. The molecule has 5 nitrogen and oxygen atoms in total. The van der Waals surface area contributed by atoms with Crippen LogP contribution in [0.1, 0.15) is 40.0 Å². The van der Waals surface area contributed by atoms with Gasteiger partial charge >= 0.3 is 0 Å². The molecule has 0 saturated heterocycles. The Kier molecular flexibility index (Phi) is 6.45. The Morgan fingerprint density at radius 2 is 1.68 bits per heavy atom. The van der Waals surface area contributed by atoms with Crippen molar-refractivity contribution >= 4 is 21.6 Å². The predicted molar refractivity (Wildman–Crippen MR) is 120 cm³/mol. The minimum Gasteiger partial charge on any atom is -0.346 e. The number of nitrogens with one attached hydrogen (secondary N) is 1. The lowest BCUT2D eigenvalue weighted by Gasteiger charge is -2.20. The zero-order valence-corrected chi connectivity index (χ0v) is 18.7. The van der Waals surface area contributed by atoms with E-state index < -0.39 is 15.8 Å². The predicted octanol–water partition coefficient (Wildman–Crippen LogP) is 4.76. The Morgan fingerprint density at radius 1 is 1.00 bits per heavy atom. The van der Waals surface area contributed by atoms with E-state index in [1.807, 2.05) is 32.9 Å². The van der Waals surface area contributed by atoms with Crippen molar-refractivity contribution in [1.29, 1.82) is 0 Å². The summed E-state index contributed by atoms with van der Waals surface area (Å²) in [5, 5.41) is 2.93. The molecule has 1 amide bonds. The lowest BCUT2D eigenvalue weighted by atomic mass is 10.00. The van der Waals surface area contributed by atoms with Crippen LogP contribution in [0.4, 0.5) is 10.1 Å². The number of nitrogens with zero attached hydrogens (tertiary/aromatic N) is 1. The Labute approximate surface area is 182 Å². The van der Waals surface area contributed by atoms with Gasteiger partial charge in [0.15, 0.2) is 0 Å². The van der Waals surface area contributed by atoms with Crippen molar-refractivity contribution in [3.63, 3.8) is 0 Å². The van der Waals surface area contributed by atoms with Gasteiger partial charge in [0.2, 0.25) is 0 Å². The molecule has 0 bridgehead atoms. The van der Waals surface area contributed by atoms with Gasteiger partial charge in [0.25, 0.3) is 15.9 Å². The van der Waals surface area contributed by atoms with Crippen molar-refractivity contribution in [2.75, 3.05) is 11.4 Å². The largest absolute Gasteiger partial charge is 0.346 e. The molecule has 0 aliphatic carbocycles.